The van der Waals surface area contributed by atoms with E-state index in [1.807, 2.05) is 0 Å². The van der Waals surface area contributed by atoms with Gasteiger partial charge in [-0.2, -0.15) is 0 Å². The number of methoxy groups -OCH3 is 1. The Morgan fingerprint density at radius 3 is 2.58 bits per heavy atom. The number of carbonyl (C=O) groups is 2. The third kappa shape index (κ3) is 2.06. The molecule has 1 aliphatic heterocycles. The first-order valence-corrected chi connectivity index (χ1v) is 6.95. The molecule has 0 saturated carbocycles. The van der Waals surface area contributed by atoms with Crippen molar-refractivity contribution in [3.8, 4) is 0 Å². The third-order valence-corrected chi connectivity index (χ3v) is 5.06. The number of esters is 1. The van der Waals surface area contributed by atoms with E-state index in [0.717, 1.165) is 0 Å². The smallest absolute Gasteiger partial charge is 0.308 e. The molecule has 1 heterocycles. The summed E-state index contributed by atoms with van der Waals surface area (Å²) in [5, 5.41) is 0. The molecule has 1 aromatic carbocycles. The molecule has 0 N–H and O–H groups in total. The quantitative estimate of drug-likeness (QED) is 0.769. The highest BCUT2D eigenvalue weighted by Crippen LogP contribution is 2.44. The van der Waals surface area contributed by atoms with E-state index in [-0.39, 0.29) is 12.3 Å². The molecule has 0 fully saturated rings. The van der Waals surface area contributed by atoms with Crippen LogP contribution in [0.2, 0.25) is 0 Å². The van der Waals surface area contributed by atoms with Crippen molar-refractivity contribution in [1.82, 2.24) is 0 Å². The molecule has 102 valence electrons. The van der Waals surface area contributed by atoms with E-state index >= 15 is 0 Å². The number of fused-ring (bicyclic) bond motifs is 1. The van der Waals surface area contributed by atoms with E-state index in [2.05, 4.69) is 4.74 Å². The number of ether oxygens (including phenoxy) is 1. The predicted octanol–water partition coefficient (Wildman–Crippen LogP) is 1.44. The molecular formula is C13H15NO4S. The van der Waals surface area contributed by atoms with Crippen LogP contribution in [-0.2, 0) is 25.1 Å². The number of rotatable bonds is 2. The standard InChI is InChI=1S/C13H15NO4S/c1-9(15)14-10-6-4-5-7-11(10)19(17)13(14,2)8-12(16)18-3/h4-7H,8H2,1-3H3/t13-,19?/m1/s1. The molecule has 1 amide bonds. The van der Waals surface area contributed by atoms with Crippen molar-refractivity contribution >= 4 is 28.4 Å². The molecule has 5 nitrogen and oxygen atoms in total. The number of benzene rings is 1. The van der Waals surface area contributed by atoms with Crippen molar-refractivity contribution in [3.05, 3.63) is 24.3 Å². The summed E-state index contributed by atoms with van der Waals surface area (Å²) in [6, 6.07) is 6.98. The molecule has 0 spiro atoms. The highest BCUT2D eigenvalue weighted by molar-refractivity contribution is 7.87. The van der Waals surface area contributed by atoms with Gasteiger partial charge in [0.05, 0.1) is 34.9 Å². The Labute approximate surface area is 114 Å². The first kappa shape index (κ1) is 13.7. The van der Waals surface area contributed by atoms with Gasteiger partial charge in [0, 0.05) is 6.92 Å². The van der Waals surface area contributed by atoms with E-state index in [1.54, 1.807) is 31.2 Å². The Balaban J connectivity index is 2.54. The summed E-state index contributed by atoms with van der Waals surface area (Å²) < 4.78 is 17.2. The lowest BCUT2D eigenvalue weighted by molar-refractivity contribution is -0.141. The topological polar surface area (TPSA) is 63.7 Å². The summed E-state index contributed by atoms with van der Waals surface area (Å²) in [4.78, 5) is 24.3. The van der Waals surface area contributed by atoms with E-state index in [1.165, 1.54) is 18.9 Å². The Bertz CT molecular complexity index is 572. The van der Waals surface area contributed by atoms with E-state index in [0.29, 0.717) is 10.6 Å². The zero-order valence-corrected chi connectivity index (χ0v) is 11.8. The van der Waals surface area contributed by atoms with Crippen molar-refractivity contribution in [2.45, 2.75) is 30.0 Å². The van der Waals surface area contributed by atoms with Crippen LogP contribution in [0, 0.1) is 0 Å². The van der Waals surface area contributed by atoms with Gasteiger partial charge in [-0.05, 0) is 19.1 Å². The van der Waals surface area contributed by atoms with Crippen LogP contribution in [0.4, 0.5) is 5.69 Å². The van der Waals surface area contributed by atoms with Crippen molar-refractivity contribution < 1.29 is 18.5 Å². The maximum absolute atomic E-state index is 12.6. The Hall–Kier alpha value is -1.69. The predicted molar refractivity (Wildman–Crippen MR) is 71.0 cm³/mol. The van der Waals surface area contributed by atoms with Gasteiger partial charge in [0.2, 0.25) is 5.91 Å². The highest BCUT2D eigenvalue weighted by atomic mass is 32.2. The molecular weight excluding hydrogens is 266 g/mol. The summed E-state index contributed by atoms with van der Waals surface area (Å²) in [7, 11) is -0.197. The molecule has 2 atom stereocenters. The van der Waals surface area contributed by atoms with Crippen LogP contribution in [-0.4, -0.2) is 28.1 Å². The summed E-state index contributed by atoms with van der Waals surface area (Å²) in [6.45, 7) is 3.04. The van der Waals surface area contributed by atoms with Crippen molar-refractivity contribution in [2.75, 3.05) is 12.0 Å². The third-order valence-electron chi connectivity index (χ3n) is 3.19. The Kier molecular flexibility index (Phi) is 3.45. The molecule has 19 heavy (non-hydrogen) atoms. The van der Waals surface area contributed by atoms with Crippen molar-refractivity contribution in [2.24, 2.45) is 0 Å². The average molecular weight is 281 g/mol. The second kappa shape index (κ2) is 4.77. The van der Waals surface area contributed by atoms with Crippen LogP contribution >= 0.6 is 0 Å². The minimum atomic E-state index is -1.47. The maximum atomic E-state index is 12.6. The summed E-state index contributed by atoms with van der Waals surface area (Å²) in [6.07, 6.45) is -0.107. The monoisotopic (exact) mass is 281 g/mol. The van der Waals surface area contributed by atoms with Gasteiger partial charge in [0.25, 0.3) is 0 Å². The number of para-hydroxylation sites is 1. The van der Waals surface area contributed by atoms with Crippen LogP contribution in [0.5, 0.6) is 0 Å². The molecule has 0 saturated heterocycles. The fourth-order valence-electron chi connectivity index (χ4n) is 2.36. The molecule has 1 aromatic rings. The van der Waals surface area contributed by atoms with E-state index in [4.69, 9.17) is 0 Å². The normalized spacial score (nSPS) is 25.0. The zero-order valence-electron chi connectivity index (χ0n) is 11.0. The SMILES string of the molecule is COC(=O)C[C@]1(C)N(C(C)=O)c2ccccc2S1=O. The number of anilines is 1. The average Bonchev–Trinajstić information content (AvgIpc) is 2.59. The molecule has 0 radical (unpaired) electrons. The Morgan fingerprint density at radius 2 is 2.00 bits per heavy atom. The van der Waals surface area contributed by atoms with Crippen LogP contribution in [0.1, 0.15) is 20.3 Å². The molecule has 1 aliphatic rings. The maximum Gasteiger partial charge on any atom is 0.308 e. The van der Waals surface area contributed by atoms with Crippen molar-refractivity contribution in [3.63, 3.8) is 0 Å². The molecule has 0 aromatic heterocycles. The lowest BCUT2D eigenvalue weighted by atomic mass is 10.1. The first-order chi connectivity index (χ1) is 8.91. The minimum absolute atomic E-state index is 0.107. The fourth-order valence-corrected chi connectivity index (χ4v) is 4.03. The van der Waals surface area contributed by atoms with Gasteiger partial charge < -0.3 is 4.74 Å². The van der Waals surface area contributed by atoms with Gasteiger partial charge in [-0.25, -0.2) is 0 Å². The van der Waals surface area contributed by atoms with Crippen LogP contribution < -0.4 is 4.90 Å². The minimum Gasteiger partial charge on any atom is -0.469 e. The van der Waals surface area contributed by atoms with Gasteiger partial charge in [-0.15, -0.1) is 0 Å². The highest BCUT2D eigenvalue weighted by Gasteiger charge is 2.50. The summed E-state index contributed by atoms with van der Waals surface area (Å²) >= 11 is 0. The fraction of sp³-hybridized carbons (Fsp3) is 0.385. The number of hydrogen-bond donors (Lipinski definition) is 0. The van der Waals surface area contributed by atoms with Crippen LogP contribution in [0.25, 0.3) is 0 Å². The number of carbonyl (C=O) groups excluding carboxylic acids is 2. The Morgan fingerprint density at radius 1 is 1.37 bits per heavy atom. The molecule has 6 heteroatoms. The number of amides is 1. The molecule has 1 unspecified atom stereocenters. The second-order valence-corrected chi connectivity index (χ2v) is 6.38. The number of hydrogen-bond acceptors (Lipinski definition) is 4. The summed E-state index contributed by atoms with van der Waals surface area (Å²) in [5.74, 6) is -0.736. The van der Waals surface area contributed by atoms with E-state index < -0.39 is 21.6 Å². The first-order valence-electron chi connectivity index (χ1n) is 5.80. The van der Waals surface area contributed by atoms with Gasteiger partial charge in [-0.1, -0.05) is 12.1 Å². The van der Waals surface area contributed by atoms with Gasteiger partial charge >= 0.3 is 5.97 Å². The number of nitrogens with zero attached hydrogens (tertiary/aromatic N) is 1. The lowest BCUT2D eigenvalue weighted by Gasteiger charge is -2.32. The zero-order chi connectivity index (χ0) is 14.2. The largest absolute Gasteiger partial charge is 0.469 e. The van der Waals surface area contributed by atoms with Gasteiger partial charge in [0.1, 0.15) is 4.87 Å². The van der Waals surface area contributed by atoms with Crippen LogP contribution in [0.15, 0.2) is 29.2 Å². The second-order valence-electron chi connectivity index (χ2n) is 4.52. The lowest BCUT2D eigenvalue weighted by Crippen LogP contribution is -2.49. The van der Waals surface area contributed by atoms with Gasteiger partial charge in [0.15, 0.2) is 0 Å². The van der Waals surface area contributed by atoms with Crippen molar-refractivity contribution in [1.29, 1.82) is 0 Å². The molecule has 2 rings (SSSR count). The summed E-state index contributed by atoms with van der Waals surface area (Å²) in [5.41, 5.74) is 0.597. The van der Waals surface area contributed by atoms with Gasteiger partial charge in [-0.3, -0.25) is 18.7 Å². The van der Waals surface area contributed by atoms with E-state index in [9.17, 15) is 13.8 Å². The molecule has 0 bridgehead atoms. The van der Waals surface area contributed by atoms with Crippen LogP contribution in [0.3, 0.4) is 0 Å². The molecule has 0 aliphatic carbocycles.